The first kappa shape index (κ1) is 15.7. The van der Waals surface area contributed by atoms with Crippen LogP contribution in [0.3, 0.4) is 0 Å². The third-order valence-corrected chi connectivity index (χ3v) is 4.23. The van der Waals surface area contributed by atoms with Crippen molar-refractivity contribution in [2.45, 2.75) is 32.0 Å². The molecule has 0 aromatic heterocycles. The lowest BCUT2D eigenvalue weighted by Gasteiger charge is -2.28. The van der Waals surface area contributed by atoms with Crippen molar-refractivity contribution in [1.29, 1.82) is 0 Å². The predicted molar refractivity (Wildman–Crippen MR) is 63.1 cm³/mol. The van der Waals surface area contributed by atoms with Crippen LogP contribution in [0.1, 0.15) is 19.8 Å². The molecule has 0 aliphatic carbocycles. The minimum absolute atomic E-state index is 0.158. The van der Waals surface area contributed by atoms with Crippen molar-refractivity contribution in [2.75, 3.05) is 19.6 Å². The number of alkyl halides is 3. The molecule has 2 atom stereocenters. The number of carbonyl (C=O) groups is 3. The number of amides is 2. The lowest BCUT2D eigenvalue weighted by atomic mass is 9.86. The van der Waals surface area contributed by atoms with E-state index in [4.69, 9.17) is 5.11 Å². The Morgan fingerprint density at radius 1 is 1.43 bits per heavy atom. The second-order valence-electron chi connectivity index (χ2n) is 5.30. The van der Waals surface area contributed by atoms with Crippen LogP contribution in [0.25, 0.3) is 0 Å². The van der Waals surface area contributed by atoms with Crippen LogP contribution in [0.4, 0.5) is 13.2 Å². The molecule has 2 heterocycles. The van der Waals surface area contributed by atoms with Gasteiger partial charge in [0.05, 0.1) is 12.5 Å². The number of rotatable bonds is 3. The number of carboxylic acid groups (broad SMARTS) is 1. The number of hydrogen-bond acceptors (Lipinski definition) is 4. The zero-order chi connectivity index (χ0) is 16.0. The third-order valence-electron chi connectivity index (χ3n) is 4.23. The van der Waals surface area contributed by atoms with Crippen LogP contribution in [0, 0.1) is 5.41 Å². The Labute approximate surface area is 118 Å². The quantitative estimate of drug-likeness (QED) is 0.767. The monoisotopic (exact) mass is 308 g/mol. The van der Waals surface area contributed by atoms with E-state index in [1.54, 1.807) is 6.92 Å². The van der Waals surface area contributed by atoms with Gasteiger partial charge >= 0.3 is 12.1 Å². The summed E-state index contributed by atoms with van der Waals surface area (Å²) in [5, 5.41) is 8.97. The molecule has 2 saturated heterocycles. The first-order valence-corrected chi connectivity index (χ1v) is 6.52. The number of carbonyl (C=O) groups excluding carboxylic acids is 2. The van der Waals surface area contributed by atoms with Gasteiger partial charge in [-0.25, -0.2) is 0 Å². The first-order chi connectivity index (χ1) is 9.64. The molecule has 0 radical (unpaired) electrons. The smallest absolute Gasteiger partial charge is 0.406 e. The molecule has 2 aliphatic rings. The van der Waals surface area contributed by atoms with Gasteiger partial charge < -0.3 is 5.11 Å². The Hall–Kier alpha value is -1.64. The normalized spacial score (nSPS) is 31.2. The van der Waals surface area contributed by atoms with E-state index in [1.807, 2.05) is 0 Å². The molecule has 2 amide bonds. The van der Waals surface area contributed by atoms with E-state index in [9.17, 15) is 27.6 Å². The van der Waals surface area contributed by atoms with E-state index in [-0.39, 0.29) is 19.5 Å². The van der Waals surface area contributed by atoms with E-state index in [0.29, 0.717) is 0 Å². The summed E-state index contributed by atoms with van der Waals surface area (Å²) >= 11 is 0. The molecule has 0 saturated carbocycles. The Morgan fingerprint density at radius 3 is 2.43 bits per heavy atom. The number of likely N-dealkylation sites (tertiary alicyclic amines) is 2. The van der Waals surface area contributed by atoms with Gasteiger partial charge in [0.2, 0.25) is 11.8 Å². The number of carboxylic acids is 1. The Bertz CT molecular complexity index is 493. The van der Waals surface area contributed by atoms with Crippen LogP contribution < -0.4 is 0 Å². The molecule has 0 bridgehead atoms. The van der Waals surface area contributed by atoms with Gasteiger partial charge in [-0.1, -0.05) is 0 Å². The van der Waals surface area contributed by atoms with Crippen molar-refractivity contribution < 1.29 is 32.7 Å². The molecule has 118 valence electrons. The largest absolute Gasteiger partial charge is 0.481 e. The second-order valence-corrected chi connectivity index (χ2v) is 5.30. The molecule has 2 rings (SSSR count). The summed E-state index contributed by atoms with van der Waals surface area (Å²) in [6.45, 7) is 0.783. The molecular weight excluding hydrogens is 293 g/mol. The number of hydrogen-bond donors (Lipinski definition) is 1. The van der Waals surface area contributed by atoms with Crippen LogP contribution in [0.2, 0.25) is 0 Å². The van der Waals surface area contributed by atoms with E-state index < -0.39 is 48.4 Å². The van der Waals surface area contributed by atoms with Crippen LogP contribution >= 0.6 is 0 Å². The van der Waals surface area contributed by atoms with Crippen molar-refractivity contribution in [2.24, 2.45) is 5.41 Å². The van der Waals surface area contributed by atoms with Gasteiger partial charge in [0.15, 0.2) is 5.41 Å². The summed E-state index contributed by atoms with van der Waals surface area (Å²) in [6, 6.07) is -0.985. The molecule has 2 fully saturated rings. The summed E-state index contributed by atoms with van der Waals surface area (Å²) in [4.78, 5) is 36.9. The minimum Gasteiger partial charge on any atom is -0.481 e. The summed E-state index contributed by atoms with van der Waals surface area (Å²) in [5.41, 5.74) is -2.87. The molecule has 1 N–H and O–H groups in total. The van der Waals surface area contributed by atoms with Gasteiger partial charge in [0, 0.05) is 19.6 Å². The first-order valence-electron chi connectivity index (χ1n) is 6.52. The van der Waals surface area contributed by atoms with Crippen molar-refractivity contribution in [1.82, 2.24) is 9.80 Å². The van der Waals surface area contributed by atoms with Crippen molar-refractivity contribution >= 4 is 17.8 Å². The highest BCUT2D eigenvalue weighted by Gasteiger charge is 2.64. The maximum atomic E-state index is 13.1. The molecule has 2 aliphatic heterocycles. The number of aliphatic carboxylic acids is 1. The average molecular weight is 308 g/mol. The van der Waals surface area contributed by atoms with Crippen molar-refractivity contribution in [3.63, 3.8) is 0 Å². The molecule has 21 heavy (non-hydrogen) atoms. The fourth-order valence-electron chi connectivity index (χ4n) is 2.92. The lowest BCUT2D eigenvalue weighted by molar-refractivity contribution is -0.228. The van der Waals surface area contributed by atoms with Crippen LogP contribution in [-0.4, -0.2) is 64.5 Å². The van der Waals surface area contributed by atoms with E-state index in [0.717, 1.165) is 9.80 Å². The van der Waals surface area contributed by atoms with E-state index in [1.165, 1.54) is 0 Å². The third kappa shape index (κ3) is 2.29. The molecule has 6 nitrogen and oxygen atoms in total. The SMILES string of the molecule is CCN1C(=O)CC(N2CCC(C(=O)O)(C(F)(F)F)C2)C1=O. The molecule has 9 heteroatoms. The van der Waals surface area contributed by atoms with Crippen LogP contribution in [0.15, 0.2) is 0 Å². The fourth-order valence-corrected chi connectivity index (χ4v) is 2.92. The number of likely N-dealkylation sites (N-methyl/N-ethyl adjacent to an activating group) is 1. The van der Waals surface area contributed by atoms with Gasteiger partial charge in [-0.05, 0) is 13.3 Å². The van der Waals surface area contributed by atoms with Crippen LogP contribution in [-0.2, 0) is 14.4 Å². The van der Waals surface area contributed by atoms with Crippen molar-refractivity contribution in [3.05, 3.63) is 0 Å². The molecule has 0 spiro atoms. The predicted octanol–water partition coefficient (Wildman–Crippen LogP) is 0.473. The minimum atomic E-state index is -4.90. The fraction of sp³-hybridized carbons (Fsp3) is 0.750. The highest BCUT2D eigenvalue weighted by molar-refractivity contribution is 6.05. The number of imide groups is 1. The zero-order valence-electron chi connectivity index (χ0n) is 11.3. The van der Waals surface area contributed by atoms with Gasteiger partial charge in [0.25, 0.3) is 0 Å². The second kappa shape index (κ2) is 4.97. The molecular formula is C12H15F3N2O4. The standard InChI is InChI=1S/C12H15F3N2O4/c1-2-17-8(18)5-7(9(17)19)16-4-3-11(6-16,10(20)21)12(13,14)15/h7H,2-6H2,1H3,(H,20,21). The Balaban J connectivity index is 2.21. The van der Waals surface area contributed by atoms with Gasteiger partial charge in [-0.15, -0.1) is 0 Å². The average Bonchev–Trinajstić information content (AvgIpc) is 2.91. The van der Waals surface area contributed by atoms with Gasteiger partial charge in [-0.2, -0.15) is 13.2 Å². The highest BCUT2D eigenvalue weighted by atomic mass is 19.4. The summed E-state index contributed by atoms with van der Waals surface area (Å²) < 4.78 is 39.2. The van der Waals surface area contributed by atoms with Gasteiger partial charge in [-0.3, -0.25) is 24.2 Å². The number of halogens is 3. The Kier molecular flexibility index (Phi) is 3.73. The Morgan fingerprint density at radius 2 is 2.05 bits per heavy atom. The van der Waals surface area contributed by atoms with E-state index in [2.05, 4.69) is 0 Å². The lowest BCUT2D eigenvalue weighted by Crippen LogP contribution is -2.49. The van der Waals surface area contributed by atoms with Crippen LogP contribution in [0.5, 0.6) is 0 Å². The zero-order valence-corrected chi connectivity index (χ0v) is 11.3. The maximum absolute atomic E-state index is 13.1. The van der Waals surface area contributed by atoms with Gasteiger partial charge in [0.1, 0.15) is 0 Å². The maximum Gasteiger partial charge on any atom is 0.406 e. The molecule has 0 aromatic rings. The van der Waals surface area contributed by atoms with Crippen molar-refractivity contribution in [3.8, 4) is 0 Å². The highest BCUT2D eigenvalue weighted by Crippen LogP contribution is 2.46. The summed E-state index contributed by atoms with van der Waals surface area (Å²) in [5.74, 6) is -2.93. The summed E-state index contributed by atoms with van der Waals surface area (Å²) in [6.07, 6.45) is -5.71. The number of nitrogens with zero attached hydrogens (tertiary/aromatic N) is 2. The molecule has 2 unspecified atom stereocenters. The summed E-state index contributed by atoms with van der Waals surface area (Å²) in [7, 11) is 0. The van der Waals surface area contributed by atoms with E-state index >= 15 is 0 Å². The molecule has 0 aromatic carbocycles. The topological polar surface area (TPSA) is 77.9 Å².